The lowest BCUT2D eigenvalue weighted by Gasteiger charge is -2.19. The highest BCUT2D eigenvalue weighted by Gasteiger charge is 2.27. The number of nitriles is 1. The van der Waals surface area contributed by atoms with Crippen molar-refractivity contribution in [2.24, 2.45) is 11.8 Å². The molecule has 1 saturated heterocycles. The fourth-order valence-corrected chi connectivity index (χ4v) is 2.37. The van der Waals surface area contributed by atoms with Crippen LogP contribution in [0.1, 0.15) is 19.4 Å². The smallest absolute Gasteiger partial charge is 0.101 e. The first-order valence-electron chi connectivity index (χ1n) is 5.56. The normalized spacial score (nSPS) is 24.5. The molecule has 1 aromatic carbocycles. The predicted octanol–water partition coefficient (Wildman–Crippen LogP) is 3.30. The lowest BCUT2D eigenvalue weighted by atomic mass is 10.0. The molecular formula is C13H15ClN2. The molecule has 0 bridgehead atoms. The van der Waals surface area contributed by atoms with Crippen molar-refractivity contribution < 1.29 is 0 Å². The van der Waals surface area contributed by atoms with E-state index in [9.17, 15) is 0 Å². The van der Waals surface area contributed by atoms with Crippen LogP contribution in [0.4, 0.5) is 5.69 Å². The quantitative estimate of drug-likeness (QED) is 0.746. The van der Waals surface area contributed by atoms with Gasteiger partial charge in [-0.15, -0.1) is 0 Å². The Balaban J connectivity index is 2.32. The Labute approximate surface area is 101 Å². The van der Waals surface area contributed by atoms with Crippen molar-refractivity contribution in [2.75, 3.05) is 18.0 Å². The SMILES string of the molecule is CC1CN(c2ccc(Cl)cc2C#N)CC1C. The van der Waals surface area contributed by atoms with Crippen LogP contribution in [-0.2, 0) is 0 Å². The van der Waals surface area contributed by atoms with Crippen LogP contribution in [0, 0.1) is 23.2 Å². The van der Waals surface area contributed by atoms with Crippen LogP contribution in [-0.4, -0.2) is 13.1 Å². The van der Waals surface area contributed by atoms with Gasteiger partial charge in [-0.3, -0.25) is 0 Å². The molecule has 3 heteroatoms. The van der Waals surface area contributed by atoms with E-state index in [1.165, 1.54) is 0 Å². The van der Waals surface area contributed by atoms with Crippen LogP contribution >= 0.6 is 11.6 Å². The molecule has 0 aliphatic carbocycles. The predicted molar refractivity (Wildman–Crippen MR) is 66.7 cm³/mol. The number of anilines is 1. The van der Waals surface area contributed by atoms with E-state index in [1.807, 2.05) is 12.1 Å². The molecule has 1 aliphatic heterocycles. The summed E-state index contributed by atoms with van der Waals surface area (Å²) in [6, 6.07) is 7.76. The van der Waals surface area contributed by atoms with E-state index in [0.717, 1.165) is 18.8 Å². The van der Waals surface area contributed by atoms with Crippen LogP contribution in [0.2, 0.25) is 5.02 Å². The van der Waals surface area contributed by atoms with Crippen molar-refractivity contribution in [3.63, 3.8) is 0 Å². The second kappa shape index (κ2) is 4.35. The summed E-state index contributed by atoms with van der Waals surface area (Å²) in [7, 11) is 0. The molecule has 84 valence electrons. The number of rotatable bonds is 1. The van der Waals surface area contributed by atoms with E-state index in [2.05, 4.69) is 24.8 Å². The third-order valence-corrected chi connectivity index (χ3v) is 3.64. The molecule has 2 atom stereocenters. The van der Waals surface area contributed by atoms with Gasteiger partial charge < -0.3 is 4.90 Å². The molecule has 0 N–H and O–H groups in total. The maximum absolute atomic E-state index is 9.10. The van der Waals surface area contributed by atoms with Gasteiger partial charge in [0.25, 0.3) is 0 Å². The molecule has 0 amide bonds. The standard InChI is InChI=1S/C13H15ClN2/c1-9-7-16(8-10(9)2)13-4-3-12(14)5-11(13)6-15/h3-5,9-10H,7-8H2,1-2H3. The van der Waals surface area contributed by atoms with E-state index in [1.54, 1.807) is 6.07 Å². The van der Waals surface area contributed by atoms with Gasteiger partial charge in [0.05, 0.1) is 11.3 Å². The van der Waals surface area contributed by atoms with Gasteiger partial charge in [-0.25, -0.2) is 0 Å². The Bertz CT molecular complexity index is 426. The fourth-order valence-electron chi connectivity index (χ4n) is 2.20. The second-order valence-corrected chi connectivity index (χ2v) is 5.07. The van der Waals surface area contributed by atoms with Gasteiger partial charge in [-0.1, -0.05) is 25.4 Å². The first-order chi connectivity index (χ1) is 7.61. The van der Waals surface area contributed by atoms with Gasteiger partial charge in [0.2, 0.25) is 0 Å². The van der Waals surface area contributed by atoms with E-state index in [4.69, 9.17) is 16.9 Å². The van der Waals surface area contributed by atoms with Crippen LogP contribution in [0.15, 0.2) is 18.2 Å². The number of benzene rings is 1. The Hall–Kier alpha value is -1.20. The summed E-state index contributed by atoms with van der Waals surface area (Å²) in [5.41, 5.74) is 1.69. The van der Waals surface area contributed by atoms with Crippen molar-refractivity contribution >= 4 is 17.3 Å². The minimum atomic E-state index is 0.626. The van der Waals surface area contributed by atoms with Gasteiger partial charge >= 0.3 is 0 Å². The van der Waals surface area contributed by atoms with Crippen molar-refractivity contribution in [3.05, 3.63) is 28.8 Å². The van der Waals surface area contributed by atoms with Crippen molar-refractivity contribution in [2.45, 2.75) is 13.8 Å². The largest absolute Gasteiger partial charge is 0.370 e. The molecule has 1 fully saturated rings. The first kappa shape index (κ1) is 11.3. The van der Waals surface area contributed by atoms with Crippen LogP contribution in [0.3, 0.4) is 0 Å². The summed E-state index contributed by atoms with van der Waals surface area (Å²) in [4.78, 5) is 2.28. The van der Waals surface area contributed by atoms with Gasteiger partial charge in [0.15, 0.2) is 0 Å². The van der Waals surface area contributed by atoms with Gasteiger partial charge in [0, 0.05) is 18.1 Å². The monoisotopic (exact) mass is 234 g/mol. The van der Waals surface area contributed by atoms with Crippen LogP contribution in [0.25, 0.3) is 0 Å². The topological polar surface area (TPSA) is 27.0 Å². The molecule has 16 heavy (non-hydrogen) atoms. The first-order valence-corrected chi connectivity index (χ1v) is 5.94. The van der Waals surface area contributed by atoms with Crippen molar-refractivity contribution in [3.8, 4) is 6.07 Å². The van der Waals surface area contributed by atoms with Crippen molar-refractivity contribution in [1.29, 1.82) is 5.26 Å². The summed E-state index contributed by atoms with van der Waals surface area (Å²) in [5, 5.41) is 9.73. The van der Waals surface area contributed by atoms with E-state index in [0.29, 0.717) is 22.4 Å². The molecule has 1 aromatic rings. The molecular weight excluding hydrogens is 220 g/mol. The molecule has 2 unspecified atom stereocenters. The minimum absolute atomic E-state index is 0.626. The van der Waals surface area contributed by atoms with Crippen LogP contribution < -0.4 is 4.90 Å². The zero-order chi connectivity index (χ0) is 11.7. The molecule has 1 aliphatic rings. The maximum Gasteiger partial charge on any atom is 0.101 e. The molecule has 1 heterocycles. The average molecular weight is 235 g/mol. The fraction of sp³-hybridized carbons (Fsp3) is 0.462. The zero-order valence-electron chi connectivity index (χ0n) is 9.57. The van der Waals surface area contributed by atoms with Crippen LogP contribution in [0.5, 0.6) is 0 Å². The Morgan fingerprint density at radius 1 is 1.31 bits per heavy atom. The lowest BCUT2D eigenvalue weighted by molar-refractivity contribution is 0.494. The van der Waals surface area contributed by atoms with E-state index < -0.39 is 0 Å². The number of halogens is 1. The Morgan fingerprint density at radius 2 is 1.94 bits per heavy atom. The highest BCUT2D eigenvalue weighted by atomic mass is 35.5. The maximum atomic E-state index is 9.10. The molecule has 0 radical (unpaired) electrons. The molecule has 2 nitrogen and oxygen atoms in total. The average Bonchev–Trinajstić information content (AvgIpc) is 2.59. The van der Waals surface area contributed by atoms with E-state index >= 15 is 0 Å². The van der Waals surface area contributed by atoms with Gasteiger partial charge in [0.1, 0.15) is 6.07 Å². The lowest BCUT2D eigenvalue weighted by Crippen LogP contribution is -2.20. The summed E-state index contributed by atoms with van der Waals surface area (Å²) >= 11 is 5.89. The van der Waals surface area contributed by atoms with E-state index in [-0.39, 0.29) is 0 Å². The Morgan fingerprint density at radius 3 is 2.50 bits per heavy atom. The summed E-state index contributed by atoms with van der Waals surface area (Å²) in [6.07, 6.45) is 0. The zero-order valence-corrected chi connectivity index (χ0v) is 10.3. The highest BCUT2D eigenvalue weighted by molar-refractivity contribution is 6.30. The minimum Gasteiger partial charge on any atom is -0.370 e. The summed E-state index contributed by atoms with van der Waals surface area (Å²) < 4.78 is 0. The molecule has 2 rings (SSSR count). The van der Waals surface area contributed by atoms with Gasteiger partial charge in [-0.2, -0.15) is 5.26 Å². The summed E-state index contributed by atoms with van der Waals surface area (Å²) in [5.74, 6) is 1.37. The number of nitrogens with zero attached hydrogens (tertiary/aromatic N) is 2. The molecule has 0 spiro atoms. The molecule has 0 saturated carbocycles. The third kappa shape index (κ3) is 2.01. The summed E-state index contributed by atoms with van der Waals surface area (Å²) in [6.45, 7) is 6.56. The highest BCUT2D eigenvalue weighted by Crippen LogP contribution is 2.31. The number of hydrogen-bond donors (Lipinski definition) is 0. The number of hydrogen-bond acceptors (Lipinski definition) is 2. The second-order valence-electron chi connectivity index (χ2n) is 4.63. The third-order valence-electron chi connectivity index (χ3n) is 3.41. The Kier molecular flexibility index (Phi) is 3.07. The molecule has 0 aromatic heterocycles. The van der Waals surface area contributed by atoms with Crippen molar-refractivity contribution in [1.82, 2.24) is 0 Å². The van der Waals surface area contributed by atoms with Gasteiger partial charge in [-0.05, 0) is 30.0 Å².